The average Bonchev–Trinajstić information content (AvgIpc) is 2.47. The van der Waals surface area contributed by atoms with Crippen LogP contribution in [0.1, 0.15) is 33.3 Å². The third-order valence-corrected chi connectivity index (χ3v) is 4.23. The highest BCUT2D eigenvalue weighted by molar-refractivity contribution is 9.10. The molecule has 130 valence electrons. The molecule has 2 aromatic rings. The summed E-state index contributed by atoms with van der Waals surface area (Å²) in [5.41, 5.74) is -0.961. The summed E-state index contributed by atoms with van der Waals surface area (Å²) in [4.78, 5) is 0. The highest BCUT2D eigenvalue weighted by Crippen LogP contribution is 2.43. The van der Waals surface area contributed by atoms with Crippen LogP contribution in [0.25, 0.3) is 10.8 Å². The molecule has 2 aromatic carbocycles. The van der Waals surface area contributed by atoms with Crippen LogP contribution in [0.2, 0.25) is 0 Å². The van der Waals surface area contributed by atoms with E-state index in [9.17, 15) is 13.2 Å². The van der Waals surface area contributed by atoms with Gasteiger partial charge in [0, 0.05) is 21.9 Å². The largest absolute Gasteiger partial charge is 0.418 e. The van der Waals surface area contributed by atoms with Gasteiger partial charge in [0.1, 0.15) is 5.69 Å². The first-order chi connectivity index (χ1) is 11.1. The summed E-state index contributed by atoms with van der Waals surface area (Å²) in [6.45, 7) is 7.68. The molecule has 0 saturated carbocycles. The minimum absolute atomic E-state index is 0.0322. The van der Waals surface area contributed by atoms with Gasteiger partial charge in [0.25, 0.3) is 0 Å². The van der Waals surface area contributed by atoms with Gasteiger partial charge in [-0.05, 0) is 39.1 Å². The van der Waals surface area contributed by atoms with Crippen LogP contribution in [0.5, 0.6) is 0 Å². The Labute approximate surface area is 147 Å². The molecule has 0 amide bonds. The lowest BCUT2D eigenvalue weighted by Crippen LogP contribution is -2.31. The van der Waals surface area contributed by atoms with Gasteiger partial charge in [-0.2, -0.15) is 13.2 Å². The van der Waals surface area contributed by atoms with Gasteiger partial charge < -0.3 is 0 Å². The molecule has 7 heteroatoms. The van der Waals surface area contributed by atoms with Gasteiger partial charge in [0.2, 0.25) is 0 Å². The monoisotopic (exact) mass is 401 g/mol. The summed E-state index contributed by atoms with van der Waals surface area (Å²) in [7, 11) is 0. The van der Waals surface area contributed by atoms with Gasteiger partial charge >= 0.3 is 6.18 Å². The molecule has 0 spiro atoms. The topological polar surface area (TPSA) is 28.0 Å². The zero-order valence-corrected chi connectivity index (χ0v) is 15.5. The summed E-state index contributed by atoms with van der Waals surface area (Å²) in [6, 6.07) is 7.97. The first kappa shape index (κ1) is 18.7. The van der Waals surface area contributed by atoms with Crippen molar-refractivity contribution in [3.8, 4) is 0 Å². The second-order valence-corrected chi connectivity index (χ2v) is 6.91. The van der Waals surface area contributed by atoms with Crippen LogP contribution in [0, 0.1) is 0 Å². The highest BCUT2D eigenvalue weighted by atomic mass is 79.9. The molecule has 0 bridgehead atoms. The number of fused-ring (bicyclic) bond motifs is 1. The van der Waals surface area contributed by atoms with Gasteiger partial charge in [0.15, 0.2) is 0 Å². The fraction of sp³-hybridized carbons (Fsp3) is 0.412. The zero-order chi connectivity index (χ0) is 18.1. The first-order valence-corrected chi connectivity index (χ1v) is 8.40. The van der Waals surface area contributed by atoms with E-state index in [0.29, 0.717) is 15.2 Å². The van der Waals surface area contributed by atoms with Crippen molar-refractivity contribution >= 4 is 32.4 Å². The lowest BCUT2D eigenvalue weighted by molar-refractivity contribution is -0.137. The van der Waals surface area contributed by atoms with Crippen molar-refractivity contribution in [1.82, 2.24) is 5.01 Å². The van der Waals surface area contributed by atoms with Crippen LogP contribution in [0.4, 0.5) is 18.9 Å². The summed E-state index contributed by atoms with van der Waals surface area (Å²) in [5, 5.41) is 10.8. The van der Waals surface area contributed by atoms with E-state index in [1.807, 2.05) is 27.7 Å². The molecule has 0 unspecified atom stereocenters. The Hall–Kier alpha value is -1.63. The molecular weight excluding hydrogens is 383 g/mol. The SMILES string of the molecule is CC(C)N(N=Nc1c(C(F)(F)F)cc(Br)c2ccccc12)C(C)C. The lowest BCUT2D eigenvalue weighted by Gasteiger charge is -2.26. The fourth-order valence-corrected chi connectivity index (χ4v) is 3.11. The number of alkyl halides is 3. The second-order valence-electron chi connectivity index (χ2n) is 6.05. The molecule has 0 saturated heterocycles. The van der Waals surface area contributed by atoms with Gasteiger partial charge in [-0.1, -0.05) is 45.4 Å². The maximum absolute atomic E-state index is 13.5. The number of nitrogens with zero attached hydrogens (tertiary/aromatic N) is 3. The molecule has 24 heavy (non-hydrogen) atoms. The van der Waals surface area contributed by atoms with Crippen LogP contribution >= 0.6 is 15.9 Å². The molecule has 0 aliphatic rings. The van der Waals surface area contributed by atoms with E-state index in [1.54, 1.807) is 29.3 Å². The molecule has 3 nitrogen and oxygen atoms in total. The van der Waals surface area contributed by atoms with Crippen LogP contribution in [0.3, 0.4) is 0 Å². The highest BCUT2D eigenvalue weighted by Gasteiger charge is 2.35. The number of hydrogen-bond donors (Lipinski definition) is 0. The summed E-state index contributed by atoms with van der Waals surface area (Å²) in [5.74, 6) is 0. The van der Waals surface area contributed by atoms with E-state index in [-0.39, 0.29) is 17.8 Å². The number of halogens is 4. The second kappa shape index (κ2) is 7.09. The Balaban J connectivity index is 2.69. The number of rotatable bonds is 4. The van der Waals surface area contributed by atoms with Gasteiger partial charge in [-0.3, -0.25) is 5.01 Å². The summed E-state index contributed by atoms with van der Waals surface area (Å²) in [6.07, 6.45) is -4.51. The molecule has 0 fully saturated rings. The molecular formula is C17H19BrF3N3. The third-order valence-electron chi connectivity index (χ3n) is 3.58. The van der Waals surface area contributed by atoms with Gasteiger partial charge in [0.05, 0.1) is 5.56 Å². The first-order valence-electron chi connectivity index (χ1n) is 7.61. The maximum Gasteiger partial charge on any atom is 0.418 e. The van der Waals surface area contributed by atoms with Crippen LogP contribution in [-0.2, 0) is 6.18 Å². The Morgan fingerprint density at radius 3 is 2.04 bits per heavy atom. The normalized spacial score (nSPS) is 12.8. The average molecular weight is 402 g/mol. The van der Waals surface area contributed by atoms with Crippen molar-refractivity contribution in [1.29, 1.82) is 0 Å². The van der Waals surface area contributed by atoms with Gasteiger partial charge in [-0.15, -0.1) is 5.11 Å². The fourth-order valence-electron chi connectivity index (χ4n) is 2.54. The predicted octanol–water partition coefficient (Wildman–Crippen LogP) is 6.74. The van der Waals surface area contributed by atoms with Gasteiger partial charge in [-0.25, -0.2) is 0 Å². The van der Waals surface area contributed by atoms with E-state index < -0.39 is 11.7 Å². The van der Waals surface area contributed by atoms with E-state index in [0.717, 1.165) is 6.07 Å². The Kier molecular flexibility index (Phi) is 5.52. The molecule has 0 heterocycles. The summed E-state index contributed by atoms with van der Waals surface area (Å²) >= 11 is 3.22. The number of benzene rings is 2. The number of hydrogen-bond acceptors (Lipinski definition) is 2. The molecule has 0 N–H and O–H groups in total. The predicted molar refractivity (Wildman–Crippen MR) is 93.3 cm³/mol. The lowest BCUT2D eigenvalue weighted by atomic mass is 10.0. The van der Waals surface area contributed by atoms with Crippen molar-refractivity contribution in [2.24, 2.45) is 10.3 Å². The van der Waals surface area contributed by atoms with E-state index in [1.165, 1.54) is 0 Å². The van der Waals surface area contributed by atoms with E-state index >= 15 is 0 Å². The smallest absolute Gasteiger partial charge is 0.273 e. The van der Waals surface area contributed by atoms with Crippen molar-refractivity contribution in [3.05, 3.63) is 40.4 Å². The molecule has 2 rings (SSSR count). The summed E-state index contributed by atoms with van der Waals surface area (Å²) < 4.78 is 40.8. The third kappa shape index (κ3) is 3.88. The Morgan fingerprint density at radius 1 is 1.00 bits per heavy atom. The molecule has 0 aliphatic carbocycles. The van der Waals surface area contributed by atoms with Crippen LogP contribution in [0.15, 0.2) is 45.1 Å². The molecule has 0 atom stereocenters. The van der Waals surface area contributed by atoms with Crippen molar-refractivity contribution < 1.29 is 13.2 Å². The maximum atomic E-state index is 13.5. The minimum Gasteiger partial charge on any atom is -0.273 e. The molecule has 0 aliphatic heterocycles. The minimum atomic E-state index is -4.51. The standard InChI is InChI=1S/C17H19BrF3N3/c1-10(2)24(11(3)4)23-22-16-13-8-6-5-7-12(13)15(18)9-14(16)17(19,20)21/h5-11H,1-4H3. The Morgan fingerprint density at radius 2 is 1.54 bits per heavy atom. The quantitative estimate of drug-likeness (QED) is 0.411. The molecule has 0 radical (unpaired) electrons. The van der Waals surface area contributed by atoms with E-state index in [2.05, 4.69) is 26.3 Å². The Bertz CT molecular complexity index is 747. The molecule has 0 aromatic heterocycles. The van der Waals surface area contributed by atoms with Crippen molar-refractivity contribution in [3.63, 3.8) is 0 Å². The van der Waals surface area contributed by atoms with Crippen LogP contribution in [-0.4, -0.2) is 17.1 Å². The zero-order valence-electron chi connectivity index (χ0n) is 13.9. The van der Waals surface area contributed by atoms with E-state index in [4.69, 9.17) is 0 Å². The van der Waals surface area contributed by atoms with Crippen molar-refractivity contribution in [2.45, 2.75) is 46.0 Å². The van der Waals surface area contributed by atoms with Crippen molar-refractivity contribution in [2.75, 3.05) is 0 Å². The van der Waals surface area contributed by atoms with Crippen LogP contribution < -0.4 is 0 Å².